The van der Waals surface area contributed by atoms with Crippen molar-refractivity contribution in [1.29, 1.82) is 0 Å². The van der Waals surface area contributed by atoms with Crippen LogP contribution in [0.15, 0.2) is 12.3 Å². The molecule has 2 aliphatic heterocycles. The minimum Gasteiger partial charge on any atom is -0.467 e. The number of alkyl halides is 3. The average Bonchev–Trinajstić information content (AvgIpc) is 3.17. The summed E-state index contributed by atoms with van der Waals surface area (Å²) in [7, 11) is 0. The maximum Gasteiger partial charge on any atom is 0.422 e. The van der Waals surface area contributed by atoms with Gasteiger partial charge in [-0.15, -0.1) is 0 Å². The molecule has 2 aromatic heterocycles. The number of fused-ring (bicyclic) bond motifs is 2. The van der Waals surface area contributed by atoms with E-state index in [2.05, 4.69) is 19.9 Å². The molecule has 4 heterocycles. The molecule has 0 atom stereocenters. The minimum atomic E-state index is -4.58. The van der Waals surface area contributed by atoms with Crippen molar-refractivity contribution in [3.8, 4) is 11.9 Å². The Morgan fingerprint density at radius 1 is 1.11 bits per heavy atom. The zero-order valence-corrected chi connectivity index (χ0v) is 14.4. The molecule has 0 aliphatic carbocycles. The summed E-state index contributed by atoms with van der Waals surface area (Å²) in [6.45, 7) is 0.771. The molecule has 0 aromatic carbocycles. The molecule has 146 valence electrons. The maximum absolute atomic E-state index is 14.0. The third kappa shape index (κ3) is 3.62. The highest BCUT2D eigenvalue weighted by molar-refractivity contribution is 5.83. The van der Waals surface area contributed by atoms with Crippen molar-refractivity contribution in [3.63, 3.8) is 0 Å². The summed E-state index contributed by atoms with van der Waals surface area (Å²) < 4.78 is 62.0. The zero-order valence-electron chi connectivity index (χ0n) is 14.4. The fourth-order valence-electron chi connectivity index (χ4n) is 3.97. The van der Waals surface area contributed by atoms with Gasteiger partial charge in [0.1, 0.15) is 12.0 Å². The Morgan fingerprint density at radius 3 is 2.56 bits per heavy atom. The van der Waals surface area contributed by atoms with E-state index in [0.29, 0.717) is 6.61 Å². The van der Waals surface area contributed by atoms with Gasteiger partial charge >= 0.3 is 12.2 Å². The summed E-state index contributed by atoms with van der Waals surface area (Å²) in [6, 6.07) is 1.25. The van der Waals surface area contributed by atoms with Gasteiger partial charge in [-0.3, -0.25) is 4.90 Å². The third-order valence-corrected chi connectivity index (χ3v) is 5.16. The van der Waals surface area contributed by atoms with E-state index in [1.54, 1.807) is 0 Å². The second kappa shape index (κ2) is 6.74. The topological polar surface area (TPSA) is 60.4 Å². The lowest BCUT2D eigenvalue weighted by molar-refractivity contribution is -0.153. The number of rotatable bonds is 5. The molecule has 2 aromatic rings. The molecule has 27 heavy (non-hydrogen) atoms. The lowest BCUT2D eigenvalue weighted by Gasteiger charge is -2.31. The average molecular weight is 386 g/mol. The molecular weight excluding hydrogens is 368 g/mol. The van der Waals surface area contributed by atoms with E-state index in [1.807, 2.05) is 0 Å². The van der Waals surface area contributed by atoms with Gasteiger partial charge in [0, 0.05) is 6.20 Å². The van der Waals surface area contributed by atoms with Crippen LogP contribution in [0.4, 0.5) is 17.6 Å². The van der Waals surface area contributed by atoms with Crippen LogP contribution in [0.5, 0.6) is 11.9 Å². The highest BCUT2D eigenvalue weighted by Gasteiger charge is 2.45. The molecule has 0 saturated carbocycles. The van der Waals surface area contributed by atoms with Crippen LogP contribution in [0.2, 0.25) is 0 Å². The minimum absolute atomic E-state index is 0.0746. The van der Waals surface area contributed by atoms with E-state index >= 15 is 0 Å². The molecule has 10 heteroatoms. The zero-order chi connectivity index (χ0) is 19.1. The largest absolute Gasteiger partial charge is 0.467 e. The van der Waals surface area contributed by atoms with Crippen LogP contribution in [-0.4, -0.2) is 57.9 Å². The lowest BCUT2D eigenvalue weighted by atomic mass is 9.95. The molecule has 4 rings (SSSR count). The van der Waals surface area contributed by atoms with Crippen LogP contribution in [0.25, 0.3) is 10.9 Å². The Kier molecular flexibility index (Phi) is 4.53. The Labute approximate surface area is 152 Å². The number of hydrogen-bond acceptors (Lipinski definition) is 6. The van der Waals surface area contributed by atoms with Gasteiger partial charge in [0.25, 0.3) is 0 Å². The fraction of sp³-hybridized carbons (Fsp3) is 0.588. The van der Waals surface area contributed by atoms with Crippen molar-refractivity contribution in [1.82, 2.24) is 19.9 Å². The Hall–Kier alpha value is -2.23. The Balaban J connectivity index is 1.61. The van der Waals surface area contributed by atoms with E-state index in [4.69, 9.17) is 9.47 Å². The number of aromatic nitrogens is 3. The molecule has 0 bridgehead atoms. The van der Waals surface area contributed by atoms with Crippen LogP contribution < -0.4 is 9.47 Å². The monoisotopic (exact) mass is 386 g/mol. The first-order valence-corrected chi connectivity index (χ1v) is 8.76. The van der Waals surface area contributed by atoms with Crippen molar-refractivity contribution < 1.29 is 27.0 Å². The number of hydrogen-bond donors (Lipinski definition) is 0. The summed E-state index contributed by atoms with van der Waals surface area (Å²) >= 11 is 0. The van der Waals surface area contributed by atoms with Crippen molar-refractivity contribution in [2.45, 2.75) is 37.4 Å². The van der Waals surface area contributed by atoms with Crippen molar-refractivity contribution in [2.75, 3.05) is 26.3 Å². The van der Waals surface area contributed by atoms with Gasteiger partial charge in [-0.1, -0.05) is 0 Å². The summed E-state index contributed by atoms with van der Waals surface area (Å²) in [5, 5.41) is -0.296. The van der Waals surface area contributed by atoms with Crippen LogP contribution in [-0.2, 0) is 0 Å². The second-order valence-corrected chi connectivity index (χ2v) is 6.92. The standard InChI is InChI=1S/C17H18F4N4O2/c18-13-12-11(3-6-22-13)23-15(24-14(12)26-10-17(19,20)21)27-9-16-4-1-7-25(16)8-2-5-16/h3,6H,1-2,4-5,7-10H2. The van der Waals surface area contributed by atoms with Gasteiger partial charge in [0.2, 0.25) is 11.8 Å². The summed E-state index contributed by atoms with van der Waals surface area (Å²) in [4.78, 5) is 13.8. The number of halogens is 4. The summed E-state index contributed by atoms with van der Waals surface area (Å²) in [5.74, 6) is -1.52. The molecule has 2 aliphatic rings. The first kappa shape index (κ1) is 18.1. The molecule has 0 N–H and O–H groups in total. The van der Waals surface area contributed by atoms with E-state index in [-0.39, 0.29) is 22.5 Å². The molecule has 0 spiro atoms. The molecule has 2 saturated heterocycles. The van der Waals surface area contributed by atoms with Crippen molar-refractivity contribution in [2.24, 2.45) is 0 Å². The molecule has 6 nitrogen and oxygen atoms in total. The smallest absolute Gasteiger partial charge is 0.422 e. The number of pyridine rings is 1. The quantitative estimate of drug-likeness (QED) is 0.581. The highest BCUT2D eigenvalue weighted by Crippen LogP contribution is 2.39. The van der Waals surface area contributed by atoms with Crippen LogP contribution in [0.3, 0.4) is 0 Å². The first-order valence-electron chi connectivity index (χ1n) is 8.76. The SMILES string of the molecule is Fc1nccc2nc(OCC34CCCN3CCC4)nc(OCC(F)(F)F)c12. The Bertz CT molecular complexity index is 836. The summed E-state index contributed by atoms with van der Waals surface area (Å²) in [6.07, 6.45) is 0.755. The van der Waals surface area contributed by atoms with Gasteiger partial charge in [-0.2, -0.15) is 27.5 Å². The predicted molar refractivity (Wildman–Crippen MR) is 87.1 cm³/mol. The van der Waals surface area contributed by atoms with E-state index in [0.717, 1.165) is 38.8 Å². The van der Waals surface area contributed by atoms with E-state index < -0.39 is 24.6 Å². The van der Waals surface area contributed by atoms with Gasteiger partial charge in [-0.25, -0.2) is 4.98 Å². The molecule has 2 fully saturated rings. The van der Waals surface area contributed by atoms with Crippen LogP contribution in [0, 0.1) is 5.95 Å². The van der Waals surface area contributed by atoms with Gasteiger partial charge in [0.05, 0.1) is 11.1 Å². The third-order valence-electron chi connectivity index (χ3n) is 5.16. The van der Waals surface area contributed by atoms with Crippen LogP contribution >= 0.6 is 0 Å². The van der Waals surface area contributed by atoms with E-state index in [1.165, 1.54) is 12.3 Å². The normalized spacial score (nSPS) is 19.4. The van der Waals surface area contributed by atoms with Crippen molar-refractivity contribution in [3.05, 3.63) is 18.2 Å². The second-order valence-electron chi connectivity index (χ2n) is 6.92. The Morgan fingerprint density at radius 2 is 1.85 bits per heavy atom. The molecule has 0 radical (unpaired) electrons. The van der Waals surface area contributed by atoms with Gasteiger partial charge in [-0.05, 0) is 44.8 Å². The maximum atomic E-state index is 14.0. The first-order chi connectivity index (χ1) is 12.9. The highest BCUT2D eigenvalue weighted by atomic mass is 19.4. The van der Waals surface area contributed by atoms with Crippen molar-refractivity contribution >= 4 is 10.9 Å². The lowest BCUT2D eigenvalue weighted by Crippen LogP contribution is -2.43. The summed E-state index contributed by atoms with van der Waals surface area (Å²) in [5.41, 5.74) is 0.00584. The van der Waals surface area contributed by atoms with Gasteiger partial charge in [0.15, 0.2) is 6.61 Å². The van der Waals surface area contributed by atoms with Crippen LogP contribution in [0.1, 0.15) is 25.7 Å². The van der Waals surface area contributed by atoms with Gasteiger partial charge < -0.3 is 9.47 Å². The van der Waals surface area contributed by atoms with E-state index in [9.17, 15) is 17.6 Å². The predicted octanol–water partition coefficient (Wildman–Crippen LogP) is 3.11. The fourth-order valence-corrected chi connectivity index (χ4v) is 3.97. The molecule has 0 amide bonds. The molecular formula is C17H18F4N4O2. The number of ether oxygens (including phenoxy) is 2. The number of nitrogens with zero attached hydrogens (tertiary/aromatic N) is 4. The molecule has 0 unspecified atom stereocenters.